The van der Waals surface area contributed by atoms with Crippen LogP contribution >= 0.6 is 0 Å². The molecule has 1 aromatic rings. The number of anilines is 1. The Morgan fingerprint density at radius 1 is 1.70 bits per heavy atom. The van der Waals surface area contributed by atoms with Gasteiger partial charge in [0.25, 0.3) is 0 Å². The van der Waals surface area contributed by atoms with Gasteiger partial charge in [0.1, 0.15) is 11.6 Å². The number of aromatic nitrogens is 2. The third-order valence-corrected chi connectivity index (χ3v) is 1.01. The molecule has 1 radical (unpaired) electrons. The second-order valence-corrected chi connectivity index (χ2v) is 1.79. The Morgan fingerprint density at radius 3 is 3.10 bits per heavy atom. The molecule has 10 heavy (non-hydrogen) atoms. The molecule has 0 bridgehead atoms. The van der Waals surface area contributed by atoms with Crippen molar-refractivity contribution in [3.63, 3.8) is 0 Å². The minimum absolute atomic E-state index is 0.0451. The van der Waals surface area contributed by atoms with Gasteiger partial charge in [0.2, 0.25) is 0 Å². The minimum atomic E-state index is 0.0451. The fraction of sp³-hybridized carbons (Fsp3) is 0.333. The minimum Gasteiger partial charge on any atom is -0.396 e. The van der Waals surface area contributed by atoms with Crippen LogP contribution in [0.5, 0.6) is 0 Å². The van der Waals surface area contributed by atoms with Crippen molar-refractivity contribution in [1.29, 1.82) is 0 Å². The summed E-state index contributed by atoms with van der Waals surface area (Å²) in [5.41, 5.74) is 5.30. The Balaban J connectivity index is 2.75. The van der Waals surface area contributed by atoms with E-state index < -0.39 is 0 Å². The maximum atomic E-state index is 8.48. The van der Waals surface area contributed by atoms with E-state index in [1.54, 1.807) is 0 Å². The summed E-state index contributed by atoms with van der Waals surface area (Å²) in [4.78, 5) is 7.64. The van der Waals surface area contributed by atoms with Crippen molar-refractivity contribution < 1.29 is 5.11 Å². The summed E-state index contributed by atoms with van der Waals surface area (Å²) in [6.45, 7) is 0.0451. The van der Waals surface area contributed by atoms with Crippen LogP contribution in [0.3, 0.4) is 0 Å². The molecule has 0 aliphatic heterocycles. The molecule has 1 aromatic heterocycles. The van der Waals surface area contributed by atoms with E-state index in [1.807, 2.05) is 0 Å². The SMILES string of the molecule is Nc1[c]cnc(CCO)n1. The Kier molecular flexibility index (Phi) is 2.17. The van der Waals surface area contributed by atoms with Crippen molar-refractivity contribution in [2.75, 3.05) is 12.3 Å². The van der Waals surface area contributed by atoms with Gasteiger partial charge in [-0.1, -0.05) is 0 Å². The van der Waals surface area contributed by atoms with E-state index in [2.05, 4.69) is 16.0 Å². The monoisotopic (exact) mass is 138 g/mol. The van der Waals surface area contributed by atoms with Gasteiger partial charge in [-0.25, -0.2) is 9.97 Å². The van der Waals surface area contributed by atoms with E-state index in [1.165, 1.54) is 6.20 Å². The second-order valence-electron chi connectivity index (χ2n) is 1.79. The number of nitrogen functional groups attached to an aromatic ring is 1. The first-order valence-corrected chi connectivity index (χ1v) is 2.93. The lowest BCUT2D eigenvalue weighted by atomic mass is 10.4. The Bertz CT molecular complexity index is 214. The molecule has 1 rings (SSSR count). The largest absolute Gasteiger partial charge is 0.396 e. The van der Waals surface area contributed by atoms with Gasteiger partial charge >= 0.3 is 0 Å². The van der Waals surface area contributed by atoms with Crippen molar-refractivity contribution in [2.45, 2.75) is 6.42 Å². The van der Waals surface area contributed by atoms with E-state index in [0.29, 0.717) is 18.1 Å². The van der Waals surface area contributed by atoms with Crippen LogP contribution in [0, 0.1) is 6.07 Å². The maximum Gasteiger partial charge on any atom is 0.135 e. The molecule has 4 heteroatoms. The molecule has 0 spiro atoms. The summed E-state index contributed by atoms with van der Waals surface area (Å²) in [5.74, 6) is 0.872. The Hall–Kier alpha value is -1.16. The van der Waals surface area contributed by atoms with Crippen LogP contribution in [0.4, 0.5) is 5.82 Å². The standard InChI is InChI=1S/C6H8N3O/c7-5-1-3-8-6(9-5)2-4-10/h3,10H,2,4H2,(H2,7,8,9). The first kappa shape index (κ1) is 6.95. The second kappa shape index (κ2) is 3.12. The molecule has 4 nitrogen and oxygen atoms in total. The van der Waals surface area contributed by atoms with Crippen LogP contribution in [0.15, 0.2) is 6.20 Å². The third-order valence-electron chi connectivity index (χ3n) is 1.01. The number of aliphatic hydroxyl groups excluding tert-OH is 1. The molecule has 0 aromatic carbocycles. The van der Waals surface area contributed by atoms with Crippen LogP contribution in [-0.2, 0) is 6.42 Å². The van der Waals surface area contributed by atoms with Gasteiger partial charge in [0.05, 0.1) is 6.61 Å². The van der Waals surface area contributed by atoms with Crippen molar-refractivity contribution >= 4 is 5.82 Å². The molecule has 0 aliphatic carbocycles. The molecule has 1 heterocycles. The summed E-state index contributed by atoms with van der Waals surface area (Å²) in [6, 6.07) is 2.60. The summed E-state index contributed by atoms with van der Waals surface area (Å²) < 4.78 is 0. The smallest absolute Gasteiger partial charge is 0.135 e. The molecule has 3 N–H and O–H groups in total. The molecular formula is C6H8N3O. The topological polar surface area (TPSA) is 72.0 Å². The molecule has 53 valence electrons. The van der Waals surface area contributed by atoms with Crippen LogP contribution < -0.4 is 5.73 Å². The number of hydrogen-bond donors (Lipinski definition) is 2. The van der Waals surface area contributed by atoms with Gasteiger partial charge < -0.3 is 10.8 Å². The van der Waals surface area contributed by atoms with E-state index in [4.69, 9.17) is 10.8 Å². The zero-order valence-electron chi connectivity index (χ0n) is 5.41. The number of rotatable bonds is 2. The highest BCUT2D eigenvalue weighted by atomic mass is 16.3. The third kappa shape index (κ3) is 1.66. The van der Waals surface area contributed by atoms with Gasteiger partial charge in [-0.15, -0.1) is 0 Å². The normalized spacial score (nSPS) is 9.70. The molecule has 0 unspecified atom stereocenters. The first-order valence-electron chi connectivity index (χ1n) is 2.93. The van der Waals surface area contributed by atoms with Crippen molar-refractivity contribution in [3.8, 4) is 0 Å². The van der Waals surface area contributed by atoms with Gasteiger partial charge in [0, 0.05) is 18.7 Å². The van der Waals surface area contributed by atoms with E-state index in [-0.39, 0.29) is 6.61 Å². The summed E-state index contributed by atoms with van der Waals surface area (Å²) in [5, 5.41) is 8.48. The first-order chi connectivity index (χ1) is 4.83. The summed E-state index contributed by atoms with van der Waals surface area (Å²) in [6.07, 6.45) is 1.90. The number of aliphatic hydroxyl groups is 1. The zero-order valence-corrected chi connectivity index (χ0v) is 5.41. The Labute approximate surface area is 58.7 Å². The molecule has 0 saturated carbocycles. The lowest BCUT2D eigenvalue weighted by molar-refractivity contribution is 0.296. The Morgan fingerprint density at radius 2 is 2.50 bits per heavy atom. The predicted molar refractivity (Wildman–Crippen MR) is 36.1 cm³/mol. The van der Waals surface area contributed by atoms with E-state index in [0.717, 1.165) is 0 Å². The van der Waals surface area contributed by atoms with Crippen molar-refractivity contribution in [1.82, 2.24) is 9.97 Å². The molecule has 0 aliphatic rings. The summed E-state index contributed by atoms with van der Waals surface area (Å²) in [7, 11) is 0. The number of nitrogens with two attached hydrogens (primary N) is 1. The lowest BCUT2D eigenvalue weighted by Crippen LogP contribution is -2.00. The average molecular weight is 138 g/mol. The van der Waals surface area contributed by atoms with Crippen LogP contribution in [-0.4, -0.2) is 21.7 Å². The molecule has 0 saturated heterocycles. The zero-order chi connectivity index (χ0) is 7.40. The fourth-order valence-electron chi connectivity index (χ4n) is 0.594. The average Bonchev–Trinajstić information content (AvgIpc) is 1.88. The van der Waals surface area contributed by atoms with Gasteiger partial charge in [0.15, 0.2) is 0 Å². The fourth-order valence-corrected chi connectivity index (χ4v) is 0.594. The molecular weight excluding hydrogens is 130 g/mol. The molecule has 0 fully saturated rings. The maximum absolute atomic E-state index is 8.48. The lowest BCUT2D eigenvalue weighted by Gasteiger charge is -1.95. The molecule has 0 amide bonds. The highest BCUT2D eigenvalue weighted by molar-refractivity contribution is 5.23. The van der Waals surface area contributed by atoms with Gasteiger partial charge in [-0.2, -0.15) is 0 Å². The van der Waals surface area contributed by atoms with Crippen LogP contribution in [0.1, 0.15) is 5.82 Å². The van der Waals surface area contributed by atoms with Gasteiger partial charge in [-0.05, 0) is 0 Å². The van der Waals surface area contributed by atoms with E-state index >= 15 is 0 Å². The van der Waals surface area contributed by atoms with E-state index in [9.17, 15) is 0 Å². The van der Waals surface area contributed by atoms with Crippen molar-refractivity contribution in [2.24, 2.45) is 0 Å². The quantitative estimate of drug-likeness (QED) is 0.572. The van der Waals surface area contributed by atoms with Gasteiger partial charge in [-0.3, -0.25) is 0 Å². The van der Waals surface area contributed by atoms with Crippen LogP contribution in [0.25, 0.3) is 0 Å². The summed E-state index contributed by atoms with van der Waals surface area (Å²) >= 11 is 0. The van der Waals surface area contributed by atoms with Crippen LogP contribution in [0.2, 0.25) is 0 Å². The molecule has 0 atom stereocenters. The van der Waals surface area contributed by atoms with Crippen molar-refractivity contribution in [3.05, 3.63) is 18.1 Å². The highest BCUT2D eigenvalue weighted by Crippen LogP contribution is 1.94. The number of nitrogens with zero attached hydrogens (tertiary/aromatic N) is 2. The predicted octanol–water partition coefficient (Wildman–Crippen LogP) is -0.606. The highest BCUT2D eigenvalue weighted by Gasteiger charge is 1.93. The number of hydrogen-bond acceptors (Lipinski definition) is 4.